The lowest BCUT2D eigenvalue weighted by Gasteiger charge is -2.18. The van der Waals surface area contributed by atoms with Gasteiger partial charge in [0.2, 0.25) is 0 Å². The number of benzene rings is 7. The molecule has 49 heavy (non-hydrogen) atoms. The molecule has 5 heteroatoms. The number of rotatable bonds is 5. The maximum absolute atomic E-state index is 6.69. The van der Waals surface area contributed by atoms with Crippen LogP contribution in [-0.4, -0.2) is 19.1 Å². The van der Waals surface area contributed by atoms with Crippen molar-refractivity contribution in [3.63, 3.8) is 0 Å². The third kappa shape index (κ3) is 3.99. The molecular formula is C44H32N4O. The van der Waals surface area contributed by atoms with Gasteiger partial charge in [0.05, 0.1) is 22.1 Å². The van der Waals surface area contributed by atoms with E-state index >= 15 is 0 Å². The summed E-state index contributed by atoms with van der Waals surface area (Å²) in [7, 11) is 0. The minimum Gasteiger partial charge on any atom is -0.455 e. The molecule has 0 aliphatic carbocycles. The molecule has 0 radical (unpaired) electrons. The van der Waals surface area contributed by atoms with Crippen molar-refractivity contribution in [2.75, 3.05) is 0 Å². The number of fused-ring (bicyclic) bond motifs is 7. The molecule has 0 amide bonds. The van der Waals surface area contributed by atoms with Crippen LogP contribution in [0.4, 0.5) is 0 Å². The summed E-state index contributed by atoms with van der Waals surface area (Å²) < 4.78 is 11.3. The molecule has 0 unspecified atom stereocenters. The Kier molecular flexibility index (Phi) is 6.06. The van der Waals surface area contributed by atoms with E-state index < -0.39 is 0 Å². The predicted molar refractivity (Wildman–Crippen MR) is 203 cm³/mol. The second-order valence-electron chi connectivity index (χ2n) is 12.7. The van der Waals surface area contributed by atoms with Crippen LogP contribution >= 0.6 is 0 Å². The van der Waals surface area contributed by atoms with Crippen LogP contribution in [0.1, 0.15) is 13.8 Å². The van der Waals surface area contributed by atoms with Gasteiger partial charge in [0.1, 0.15) is 22.8 Å². The molecule has 0 saturated heterocycles. The molecule has 3 heterocycles. The number of hydrogen-bond donors (Lipinski definition) is 0. The van der Waals surface area contributed by atoms with Crippen molar-refractivity contribution >= 4 is 65.6 Å². The lowest BCUT2D eigenvalue weighted by Crippen LogP contribution is -2.00. The lowest BCUT2D eigenvalue weighted by molar-refractivity contribution is 0.670. The maximum atomic E-state index is 6.69. The van der Waals surface area contributed by atoms with Crippen LogP contribution in [0.3, 0.4) is 0 Å². The fourth-order valence-corrected chi connectivity index (χ4v) is 7.99. The molecule has 5 nitrogen and oxygen atoms in total. The highest BCUT2D eigenvalue weighted by atomic mass is 16.3. The molecule has 0 bridgehead atoms. The summed E-state index contributed by atoms with van der Waals surface area (Å²) in [5.41, 5.74) is 10.5. The number of imidazole rings is 2. The predicted octanol–water partition coefficient (Wildman–Crippen LogP) is 11.6. The fraction of sp³-hybridized carbons (Fsp3) is 0.0909. The minimum absolute atomic E-state index is 0.816. The number of furan rings is 1. The largest absolute Gasteiger partial charge is 0.455 e. The van der Waals surface area contributed by atoms with Crippen molar-refractivity contribution in [2.45, 2.75) is 26.9 Å². The molecule has 7 aromatic carbocycles. The lowest BCUT2D eigenvalue weighted by atomic mass is 9.87. The zero-order chi connectivity index (χ0) is 32.6. The third-order valence-corrected chi connectivity index (χ3v) is 10.1. The molecule has 0 aliphatic rings. The van der Waals surface area contributed by atoms with Gasteiger partial charge in [-0.3, -0.25) is 0 Å². The topological polar surface area (TPSA) is 48.8 Å². The second-order valence-corrected chi connectivity index (χ2v) is 12.7. The van der Waals surface area contributed by atoms with Crippen LogP contribution in [0.15, 0.2) is 138 Å². The quantitative estimate of drug-likeness (QED) is 0.177. The Hall–Kier alpha value is -6.20. The molecular weight excluding hydrogens is 601 g/mol. The van der Waals surface area contributed by atoms with Gasteiger partial charge >= 0.3 is 0 Å². The van der Waals surface area contributed by atoms with Crippen molar-refractivity contribution in [3.8, 4) is 33.9 Å². The van der Waals surface area contributed by atoms with E-state index in [-0.39, 0.29) is 0 Å². The van der Waals surface area contributed by atoms with Gasteiger partial charge in [-0.25, -0.2) is 9.97 Å². The molecule has 0 N–H and O–H groups in total. The van der Waals surface area contributed by atoms with E-state index in [4.69, 9.17) is 14.4 Å². The van der Waals surface area contributed by atoms with Crippen LogP contribution in [0.2, 0.25) is 0 Å². The average Bonchev–Trinajstić information content (AvgIpc) is 3.84. The summed E-state index contributed by atoms with van der Waals surface area (Å²) in [5.74, 6) is 1.94. The first-order chi connectivity index (χ1) is 24.2. The smallest absolute Gasteiger partial charge is 0.143 e. The normalized spacial score (nSPS) is 12.0. The summed E-state index contributed by atoms with van der Waals surface area (Å²) in [5, 5.41) is 6.86. The zero-order valence-corrected chi connectivity index (χ0v) is 27.3. The van der Waals surface area contributed by atoms with Crippen molar-refractivity contribution in [1.29, 1.82) is 0 Å². The molecule has 0 aliphatic heterocycles. The van der Waals surface area contributed by atoms with E-state index in [0.29, 0.717) is 0 Å². The summed E-state index contributed by atoms with van der Waals surface area (Å²) in [6.45, 7) is 6.02. The molecule has 0 spiro atoms. The van der Waals surface area contributed by atoms with Gasteiger partial charge in [0, 0.05) is 46.1 Å². The first-order valence-electron chi connectivity index (χ1n) is 17.0. The van der Waals surface area contributed by atoms with Crippen molar-refractivity contribution in [3.05, 3.63) is 133 Å². The Bertz CT molecular complexity index is 2780. The minimum atomic E-state index is 0.816. The Balaban J connectivity index is 1.38. The van der Waals surface area contributed by atoms with E-state index in [0.717, 1.165) is 113 Å². The van der Waals surface area contributed by atoms with Crippen molar-refractivity contribution in [1.82, 2.24) is 19.1 Å². The van der Waals surface area contributed by atoms with Crippen molar-refractivity contribution in [2.24, 2.45) is 0 Å². The van der Waals surface area contributed by atoms with E-state index in [9.17, 15) is 0 Å². The van der Waals surface area contributed by atoms with E-state index in [1.165, 1.54) is 0 Å². The van der Waals surface area contributed by atoms with Gasteiger partial charge in [-0.1, -0.05) is 97.1 Å². The molecule has 10 rings (SSSR count). The number of nitrogens with zero attached hydrogens (tertiary/aromatic N) is 4. The third-order valence-electron chi connectivity index (χ3n) is 10.1. The number of aromatic nitrogens is 4. The van der Waals surface area contributed by atoms with Crippen LogP contribution in [-0.2, 0) is 13.1 Å². The monoisotopic (exact) mass is 632 g/mol. The van der Waals surface area contributed by atoms with Gasteiger partial charge in [-0.05, 0) is 71.8 Å². The Morgan fingerprint density at radius 3 is 1.55 bits per heavy atom. The number of hydrogen-bond acceptors (Lipinski definition) is 3. The van der Waals surface area contributed by atoms with Crippen LogP contribution in [0.5, 0.6) is 0 Å². The molecule has 234 valence electrons. The Morgan fingerprint density at radius 1 is 0.469 bits per heavy atom. The average molecular weight is 633 g/mol. The van der Waals surface area contributed by atoms with Crippen LogP contribution in [0.25, 0.3) is 99.5 Å². The molecule has 0 saturated carbocycles. The first-order valence-corrected chi connectivity index (χ1v) is 17.0. The molecule has 10 aromatic rings. The molecule has 0 fully saturated rings. The standard InChI is InChI=1S/C44H32N4O/c1-3-47-38-23-8-6-21-36(38)45-43(47)31-18-11-15-28-34(31)26-35-29(16-12-19-32(35)44-46-37-22-7-9-24-39(37)48(44)4-2)41(28)33-20-13-17-30-27-14-5-10-25-40(27)49-42(30)33/h5-26H,3-4H2,1-2H3. The van der Waals surface area contributed by atoms with Crippen LogP contribution in [0, 0.1) is 0 Å². The highest BCUT2D eigenvalue weighted by Crippen LogP contribution is 2.46. The van der Waals surface area contributed by atoms with Crippen LogP contribution < -0.4 is 0 Å². The SMILES string of the molecule is CCn1c(-c2cccc3c(-c4cccc5c4oc4ccccc45)c4cccc(-c5nc6ccccc6n5CC)c4cc23)nc2ccccc21. The van der Waals surface area contributed by atoms with E-state index in [1.54, 1.807) is 0 Å². The highest BCUT2D eigenvalue weighted by Gasteiger charge is 2.23. The van der Waals surface area contributed by atoms with Gasteiger partial charge in [0.15, 0.2) is 0 Å². The first kappa shape index (κ1) is 27.9. The van der Waals surface area contributed by atoms with E-state index in [1.807, 2.05) is 6.07 Å². The van der Waals surface area contributed by atoms with Gasteiger partial charge in [-0.2, -0.15) is 0 Å². The van der Waals surface area contributed by atoms with E-state index in [2.05, 4.69) is 150 Å². The maximum Gasteiger partial charge on any atom is 0.143 e. The zero-order valence-electron chi connectivity index (χ0n) is 27.3. The summed E-state index contributed by atoms with van der Waals surface area (Å²) in [4.78, 5) is 10.5. The van der Waals surface area contributed by atoms with Gasteiger partial charge in [-0.15, -0.1) is 0 Å². The number of para-hydroxylation sites is 6. The molecule has 0 atom stereocenters. The summed E-state index contributed by atoms with van der Waals surface area (Å²) >= 11 is 0. The van der Waals surface area contributed by atoms with Crippen molar-refractivity contribution < 1.29 is 4.42 Å². The van der Waals surface area contributed by atoms with Gasteiger partial charge < -0.3 is 13.6 Å². The summed E-state index contributed by atoms with van der Waals surface area (Å²) in [6, 6.07) is 47.4. The molecule has 3 aromatic heterocycles. The fourth-order valence-electron chi connectivity index (χ4n) is 7.99. The number of aryl methyl sites for hydroxylation is 2. The highest BCUT2D eigenvalue weighted by molar-refractivity contribution is 6.22. The second kappa shape index (κ2) is 10.7. The Morgan fingerprint density at radius 2 is 0.959 bits per heavy atom. The summed E-state index contributed by atoms with van der Waals surface area (Å²) in [6.07, 6.45) is 0. The Labute approximate surface area is 282 Å². The van der Waals surface area contributed by atoms with Gasteiger partial charge in [0.25, 0.3) is 0 Å².